The van der Waals surface area contributed by atoms with E-state index in [2.05, 4.69) is 24.1 Å². The van der Waals surface area contributed by atoms with Crippen LogP contribution in [0.2, 0.25) is 0 Å². The van der Waals surface area contributed by atoms with Crippen LogP contribution in [0.15, 0.2) is 18.2 Å². The molecule has 1 aliphatic carbocycles. The smallest absolute Gasteiger partial charge is 0.308 e. The number of carbonyl (C=O) groups excluding carboxylic acids is 1. The van der Waals surface area contributed by atoms with E-state index in [1.807, 2.05) is 6.07 Å². The number of esters is 1. The Labute approximate surface area is 137 Å². The molecule has 1 heterocycles. The molecule has 1 fully saturated rings. The second-order valence-corrected chi connectivity index (χ2v) is 6.42. The number of methoxy groups -OCH3 is 1. The molecule has 0 radical (unpaired) electrons. The maximum atomic E-state index is 11.6. The summed E-state index contributed by atoms with van der Waals surface area (Å²) >= 11 is 0. The van der Waals surface area contributed by atoms with E-state index in [0.717, 1.165) is 43.7 Å². The van der Waals surface area contributed by atoms with Crippen LogP contribution in [0, 0.1) is 5.92 Å². The van der Waals surface area contributed by atoms with E-state index < -0.39 is 0 Å². The largest absolute Gasteiger partial charge is 0.486 e. The van der Waals surface area contributed by atoms with Crippen molar-refractivity contribution in [1.29, 1.82) is 0 Å². The lowest BCUT2D eigenvalue weighted by Gasteiger charge is -2.34. The zero-order valence-corrected chi connectivity index (χ0v) is 13.9. The van der Waals surface area contributed by atoms with Gasteiger partial charge in [0, 0.05) is 12.6 Å². The molecular formula is C18H25NO4. The van der Waals surface area contributed by atoms with Crippen LogP contribution >= 0.6 is 0 Å². The number of benzene rings is 1. The molecule has 126 valence electrons. The molecule has 0 aromatic heterocycles. The third-order valence-electron chi connectivity index (χ3n) is 4.89. The van der Waals surface area contributed by atoms with E-state index in [4.69, 9.17) is 14.2 Å². The molecule has 1 aromatic carbocycles. The molecular weight excluding hydrogens is 294 g/mol. The quantitative estimate of drug-likeness (QED) is 0.799. The molecule has 1 saturated carbocycles. The fraction of sp³-hybridized carbons (Fsp3) is 0.611. The highest BCUT2D eigenvalue weighted by Gasteiger charge is 2.28. The van der Waals surface area contributed by atoms with Crippen molar-refractivity contribution in [3.05, 3.63) is 23.8 Å². The minimum atomic E-state index is -0.0575. The minimum Gasteiger partial charge on any atom is -0.486 e. The van der Waals surface area contributed by atoms with Gasteiger partial charge in [0.1, 0.15) is 13.2 Å². The summed E-state index contributed by atoms with van der Waals surface area (Å²) in [5.41, 5.74) is 1.23. The molecule has 23 heavy (non-hydrogen) atoms. The fourth-order valence-electron chi connectivity index (χ4n) is 3.52. The molecule has 2 aliphatic rings. The molecule has 0 atom stereocenters. The zero-order chi connectivity index (χ0) is 16.2. The molecule has 1 aliphatic heterocycles. The Morgan fingerprint density at radius 1 is 1.17 bits per heavy atom. The average Bonchev–Trinajstić information content (AvgIpc) is 2.61. The van der Waals surface area contributed by atoms with Crippen molar-refractivity contribution < 1.29 is 19.0 Å². The first kappa shape index (κ1) is 16.1. The summed E-state index contributed by atoms with van der Waals surface area (Å²) in [6.45, 7) is 2.11. The van der Waals surface area contributed by atoms with Gasteiger partial charge in [-0.1, -0.05) is 6.07 Å². The maximum Gasteiger partial charge on any atom is 0.308 e. The summed E-state index contributed by atoms with van der Waals surface area (Å²) in [4.78, 5) is 14.0. The Balaban J connectivity index is 1.55. The molecule has 0 amide bonds. The Morgan fingerprint density at radius 3 is 2.57 bits per heavy atom. The van der Waals surface area contributed by atoms with Crippen LogP contribution in [0.5, 0.6) is 11.5 Å². The lowest BCUT2D eigenvalue weighted by molar-refractivity contribution is -0.146. The molecule has 0 spiro atoms. The Hall–Kier alpha value is -1.75. The van der Waals surface area contributed by atoms with E-state index in [9.17, 15) is 4.79 Å². The van der Waals surface area contributed by atoms with Crippen LogP contribution in [0.1, 0.15) is 31.2 Å². The van der Waals surface area contributed by atoms with Crippen molar-refractivity contribution in [2.24, 2.45) is 5.92 Å². The summed E-state index contributed by atoms with van der Waals surface area (Å²) in [5, 5.41) is 0. The minimum absolute atomic E-state index is 0.0575. The van der Waals surface area contributed by atoms with Crippen molar-refractivity contribution in [2.45, 2.75) is 38.3 Å². The van der Waals surface area contributed by atoms with Crippen LogP contribution in [0.3, 0.4) is 0 Å². The predicted molar refractivity (Wildman–Crippen MR) is 86.7 cm³/mol. The highest BCUT2D eigenvalue weighted by atomic mass is 16.6. The lowest BCUT2D eigenvalue weighted by atomic mass is 9.85. The van der Waals surface area contributed by atoms with Gasteiger partial charge < -0.3 is 14.2 Å². The van der Waals surface area contributed by atoms with Crippen LogP contribution < -0.4 is 9.47 Å². The van der Waals surface area contributed by atoms with Crippen molar-refractivity contribution in [1.82, 2.24) is 4.90 Å². The van der Waals surface area contributed by atoms with Crippen LogP contribution in [-0.4, -0.2) is 44.3 Å². The van der Waals surface area contributed by atoms with Gasteiger partial charge in [-0.25, -0.2) is 0 Å². The molecule has 0 N–H and O–H groups in total. The van der Waals surface area contributed by atoms with E-state index >= 15 is 0 Å². The SMILES string of the molecule is COC(=O)[C@H]1CC[C@H](N(C)Cc2ccc3c(c2)OCCO3)CC1. The number of hydrogen-bond donors (Lipinski definition) is 0. The van der Waals surface area contributed by atoms with Gasteiger partial charge in [-0.2, -0.15) is 0 Å². The number of nitrogens with zero attached hydrogens (tertiary/aromatic N) is 1. The molecule has 5 heteroatoms. The number of fused-ring (bicyclic) bond motifs is 1. The van der Waals surface area contributed by atoms with Gasteiger partial charge in [-0.05, 0) is 50.4 Å². The number of rotatable bonds is 4. The predicted octanol–water partition coefficient (Wildman–Crippen LogP) is 2.62. The number of hydrogen-bond acceptors (Lipinski definition) is 5. The molecule has 0 unspecified atom stereocenters. The van der Waals surface area contributed by atoms with Gasteiger partial charge in [0.2, 0.25) is 0 Å². The van der Waals surface area contributed by atoms with Gasteiger partial charge in [-0.15, -0.1) is 0 Å². The molecule has 5 nitrogen and oxygen atoms in total. The fourth-order valence-corrected chi connectivity index (χ4v) is 3.52. The first-order valence-electron chi connectivity index (χ1n) is 8.34. The third kappa shape index (κ3) is 3.78. The van der Waals surface area contributed by atoms with Crippen molar-refractivity contribution >= 4 is 5.97 Å². The normalized spacial score (nSPS) is 23.6. The monoisotopic (exact) mass is 319 g/mol. The first-order chi connectivity index (χ1) is 11.2. The van der Waals surface area contributed by atoms with Crippen molar-refractivity contribution in [3.63, 3.8) is 0 Å². The van der Waals surface area contributed by atoms with Gasteiger partial charge in [-0.3, -0.25) is 9.69 Å². The first-order valence-corrected chi connectivity index (χ1v) is 8.34. The highest BCUT2D eigenvalue weighted by Crippen LogP contribution is 2.32. The van der Waals surface area contributed by atoms with Crippen LogP contribution in [0.4, 0.5) is 0 Å². The van der Waals surface area contributed by atoms with E-state index in [0.29, 0.717) is 19.3 Å². The Kier molecular flexibility index (Phi) is 5.06. The van der Waals surface area contributed by atoms with Gasteiger partial charge >= 0.3 is 5.97 Å². The van der Waals surface area contributed by atoms with E-state index in [1.165, 1.54) is 12.7 Å². The standard InChI is InChI=1S/C18H25NO4/c1-19(15-6-4-14(5-7-15)18(20)21-2)12-13-3-8-16-17(11-13)23-10-9-22-16/h3,8,11,14-15H,4-7,9-10,12H2,1-2H3/t14-,15-. The summed E-state index contributed by atoms with van der Waals surface area (Å²) in [6.07, 6.45) is 3.92. The summed E-state index contributed by atoms with van der Waals surface area (Å²) in [7, 11) is 3.63. The molecule has 3 rings (SSSR count). The van der Waals surface area contributed by atoms with Crippen LogP contribution in [-0.2, 0) is 16.1 Å². The second-order valence-electron chi connectivity index (χ2n) is 6.42. The van der Waals surface area contributed by atoms with Gasteiger partial charge in [0.25, 0.3) is 0 Å². The van der Waals surface area contributed by atoms with E-state index in [-0.39, 0.29) is 11.9 Å². The highest BCUT2D eigenvalue weighted by molar-refractivity contribution is 5.72. The Bertz CT molecular complexity index is 552. The zero-order valence-electron chi connectivity index (χ0n) is 13.9. The lowest BCUT2D eigenvalue weighted by Crippen LogP contribution is -2.36. The van der Waals surface area contributed by atoms with Gasteiger partial charge in [0.05, 0.1) is 13.0 Å². The summed E-state index contributed by atoms with van der Waals surface area (Å²) in [6, 6.07) is 6.69. The third-order valence-corrected chi connectivity index (χ3v) is 4.89. The molecule has 0 bridgehead atoms. The van der Waals surface area contributed by atoms with Crippen molar-refractivity contribution in [3.8, 4) is 11.5 Å². The Morgan fingerprint density at radius 2 is 1.87 bits per heavy atom. The average molecular weight is 319 g/mol. The summed E-state index contributed by atoms with van der Waals surface area (Å²) in [5.74, 6) is 1.70. The second kappa shape index (κ2) is 7.21. The number of ether oxygens (including phenoxy) is 3. The van der Waals surface area contributed by atoms with Crippen molar-refractivity contribution in [2.75, 3.05) is 27.4 Å². The van der Waals surface area contributed by atoms with Crippen LogP contribution in [0.25, 0.3) is 0 Å². The molecule has 0 saturated heterocycles. The summed E-state index contributed by atoms with van der Waals surface area (Å²) < 4.78 is 16.1. The molecule has 1 aromatic rings. The van der Waals surface area contributed by atoms with E-state index in [1.54, 1.807) is 0 Å². The maximum absolute atomic E-state index is 11.6. The topological polar surface area (TPSA) is 48.0 Å². The van der Waals surface area contributed by atoms with Gasteiger partial charge in [0.15, 0.2) is 11.5 Å². The number of carbonyl (C=O) groups is 1.